The minimum atomic E-state index is -0.142. The van der Waals surface area contributed by atoms with Crippen LogP contribution in [0.1, 0.15) is 0 Å². The molecule has 0 radical (unpaired) electrons. The Balaban J connectivity index is 2.05. The van der Waals surface area contributed by atoms with Crippen LogP contribution in [0.15, 0.2) is 59.5 Å². The lowest BCUT2D eigenvalue weighted by Gasteiger charge is -2.01. The van der Waals surface area contributed by atoms with Gasteiger partial charge in [0.1, 0.15) is 5.69 Å². The molecule has 0 spiro atoms. The molecule has 0 bridgehead atoms. The Kier molecular flexibility index (Phi) is 2.35. The summed E-state index contributed by atoms with van der Waals surface area (Å²) in [5.74, 6) is 0. The van der Waals surface area contributed by atoms with Crippen molar-refractivity contribution in [3.05, 3.63) is 65.1 Å². The number of rotatable bonds is 1. The van der Waals surface area contributed by atoms with E-state index in [0.29, 0.717) is 22.6 Å². The van der Waals surface area contributed by atoms with Crippen molar-refractivity contribution in [3.63, 3.8) is 0 Å². The molecule has 0 saturated heterocycles. The van der Waals surface area contributed by atoms with Crippen LogP contribution in [0, 0.1) is 0 Å². The van der Waals surface area contributed by atoms with E-state index in [1.807, 2.05) is 24.3 Å². The first-order valence-electron chi connectivity index (χ1n) is 6.59. The van der Waals surface area contributed by atoms with Gasteiger partial charge in [-0.3, -0.25) is 4.79 Å². The lowest BCUT2D eigenvalue weighted by Crippen LogP contribution is -2.14. The highest BCUT2D eigenvalue weighted by atomic mass is 16.1. The van der Waals surface area contributed by atoms with E-state index in [-0.39, 0.29) is 5.56 Å². The Bertz CT molecular complexity index is 966. The van der Waals surface area contributed by atoms with Crippen LogP contribution in [-0.4, -0.2) is 14.8 Å². The SMILES string of the molecule is Nc1ccc(-n2nc3c4ccccc4[nH]cc-3c2=O)cc1. The van der Waals surface area contributed by atoms with Gasteiger partial charge in [-0.05, 0) is 30.3 Å². The van der Waals surface area contributed by atoms with Crippen LogP contribution >= 0.6 is 0 Å². The molecule has 0 unspecified atom stereocenters. The largest absolute Gasteiger partial charge is 0.399 e. The van der Waals surface area contributed by atoms with E-state index in [1.54, 1.807) is 30.5 Å². The number of nitrogens with zero attached hydrogens (tertiary/aromatic N) is 2. The number of para-hydroxylation sites is 1. The molecule has 0 fully saturated rings. The smallest absolute Gasteiger partial charge is 0.282 e. The number of hydrogen-bond donors (Lipinski definition) is 2. The molecular formula is C16H12N4O. The summed E-state index contributed by atoms with van der Waals surface area (Å²) in [5.41, 5.74) is 9.12. The number of benzene rings is 2. The monoisotopic (exact) mass is 276 g/mol. The van der Waals surface area contributed by atoms with Crippen LogP contribution in [-0.2, 0) is 0 Å². The second kappa shape index (κ2) is 4.21. The summed E-state index contributed by atoms with van der Waals surface area (Å²) < 4.78 is 1.41. The second-order valence-corrected chi connectivity index (χ2v) is 4.91. The molecule has 3 N–H and O–H groups in total. The highest BCUT2D eigenvalue weighted by molar-refractivity contribution is 5.93. The number of hydrogen-bond acceptors (Lipinski definition) is 3. The normalized spacial score (nSPS) is 11.2. The zero-order valence-corrected chi connectivity index (χ0v) is 11.1. The van der Waals surface area contributed by atoms with E-state index in [0.717, 1.165) is 10.9 Å². The Morgan fingerprint density at radius 3 is 2.62 bits per heavy atom. The fourth-order valence-corrected chi connectivity index (χ4v) is 2.50. The van der Waals surface area contributed by atoms with E-state index < -0.39 is 0 Å². The maximum absolute atomic E-state index is 12.5. The first-order valence-corrected chi connectivity index (χ1v) is 6.59. The molecule has 0 amide bonds. The van der Waals surface area contributed by atoms with Gasteiger partial charge in [0, 0.05) is 22.8 Å². The highest BCUT2D eigenvalue weighted by Gasteiger charge is 2.18. The van der Waals surface area contributed by atoms with Gasteiger partial charge < -0.3 is 10.7 Å². The summed E-state index contributed by atoms with van der Waals surface area (Å²) in [6, 6.07) is 14.9. The topological polar surface area (TPSA) is 76.7 Å². The average Bonchev–Trinajstić information content (AvgIpc) is 2.86. The fraction of sp³-hybridized carbons (Fsp3) is 0. The van der Waals surface area contributed by atoms with Gasteiger partial charge in [0.25, 0.3) is 5.56 Å². The maximum atomic E-state index is 12.5. The lowest BCUT2D eigenvalue weighted by molar-refractivity contribution is 0.859. The predicted molar refractivity (Wildman–Crippen MR) is 82.7 cm³/mol. The zero-order chi connectivity index (χ0) is 14.4. The molecule has 2 heterocycles. The Morgan fingerprint density at radius 2 is 1.81 bits per heavy atom. The van der Waals surface area contributed by atoms with Crippen molar-refractivity contribution in [3.8, 4) is 16.9 Å². The van der Waals surface area contributed by atoms with Gasteiger partial charge in [0.15, 0.2) is 0 Å². The van der Waals surface area contributed by atoms with Crippen LogP contribution in [0.5, 0.6) is 0 Å². The molecule has 0 atom stereocenters. The molecule has 2 aliphatic rings. The Morgan fingerprint density at radius 1 is 1.05 bits per heavy atom. The van der Waals surface area contributed by atoms with Crippen molar-refractivity contribution in [2.75, 3.05) is 5.73 Å². The van der Waals surface area contributed by atoms with E-state index in [9.17, 15) is 4.79 Å². The number of fused-ring (bicyclic) bond motifs is 3. The van der Waals surface area contributed by atoms with Gasteiger partial charge in [-0.15, -0.1) is 0 Å². The van der Waals surface area contributed by atoms with Crippen LogP contribution < -0.4 is 11.3 Å². The van der Waals surface area contributed by atoms with Crippen molar-refractivity contribution in [1.29, 1.82) is 0 Å². The van der Waals surface area contributed by atoms with E-state index in [1.165, 1.54) is 4.68 Å². The minimum Gasteiger partial charge on any atom is -0.399 e. The molecule has 5 nitrogen and oxygen atoms in total. The van der Waals surface area contributed by atoms with Crippen LogP contribution in [0.3, 0.4) is 0 Å². The molecule has 2 aliphatic heterocycles. The second-order valence-electron chi connectivity index (χ2n) is 4.91. The molecule has 2 aromatic rings. The number of aromatic amines is 1. The van der Waals surface area contributed by atoms with Gasteiger partial charge in [-0.2, -0.15) is 9.78 Å². The Hall–Kier alpha value is -3.08. The van der Waals surface area contributed by atoms with E-state index >= 15 is 0 Å². The van der Waals surface area contributed by atoms with Crippen molar-refractivity contribution in [2.24, 2.45) is 0 Å². The summed E-state index contributed by atoms with van der Waals surface area (Å²) in [4.78, 5) is 15.6. The molecule has 4 rings (SSSR count). The molecule has 2 aromatic carbocycles. The molecule has 102 valence electrons. The molecular weight excluding hydrogens is 264 g/mol. The molecule has 21 heavy (non-hydrogen) atoms. The molecule has 0 saturated carbocycles. The standard InChI is InChI=1S/C16H12N4O/c17-10-5-7-11(8-6-10)20-16(21)13-9-18-14-4-2-1-3-12(14)15(13)19-20/h1-9,18H,17H2. The van der Waals surface area contributed by atoms with Crippen LogP contribution in [0.4, 0.5) is 5.69 Å². The lowest BCUT2D eigenvalue weighted by atomic mass is 10.1. The number of anilines is 1. The number of nitrogen functional groups attached to an aromatic ring is 1. The minimum absolute atomic E-state index is 0.142. The van der Waals surface area contributed by atoms with Crippen molar-refractivity contribution in [1.82, 2.24) is 14.8 Å². The van der Waals surface area contributed by atoms with Gasteiger partial charge in [0.05, 0.1) is 11.3 Å². The number of pyridine rings is 1. The maximum Gasteiger partial charge on any atom is 0.282 e. The van der Waals surface area contributed by atoms with E-state index in [2.05, 4.69) is 10.1 Å². The predicted octanol–water partition coefficient (Wildman–Crippen LogP) is 2.40. The number of aromatic nitrogens is 3. The molecule has 0 aliphatic carbocycles. The quantitative estimate of drug-likeness (QED) is 0.524. The van der Waals surface area contributed by atoms with Crippen LogP contribution in [0.25, 0.3) is 27.8 Å². The summed E-state index contributed by atoms with van der Waals surface area (Å²) in [5, 5.41) is 5.42. The third-order valence-electron chi connectivity index (χ3n) is 3.57. The summed E-state index contributed by atoms with van der Waals surface area (Å²) in [6.45, 7) is 0. The summed E-state index contributed by atoms with van der Waals surface area (Å²) in [6.07, 6.45) is 1.71. The van der Waals surface area contributed by atoms with Gasteiger partial charge in [0.2, 0.25) is 0 Å². The third kappa shape index (κ3) is 1.71. The summed E-state index contributed by atoms with van der Waals surface area (Å²) >= 11 is 0. The van der Waals surface area contributed by atoms with E-state index in [4.69, 9.17) is 5.73 Å². The van der Waals surface area contributed by atoms with Gasteiger partial charge in [-0.25, -0.2) is 0 Å². The first kappa shape index (κ1) is 11.7. The molecule has 0 aromatic heterocycles. The Labute approximate surface area is 120 Å². The zero-order valence-electron chi connectivity index (χ0n) is 11.1. The van der Waals surface area contributed by atoms with Gasteiger partial charge >= 0.3 is 0 Å². The number of nitrogens with two attached hydrogens (primary N) is 1. The van der Waals surface area contributed by atoms with Crippen molar-refractivity contribution in [2.45, 2.75) is 0 Å². The molecule has 5 heteroatoms. The van der Waals surface area contributed by atoms with Crippen molar-refractivity contribution < 1.29 is 0 Å². The third-order valence-corrected chi connectivity index (χ3v) is 3.57. The van der Waals surface area contributed by atoms with Crippen molar-refractivity contribution >= 4 is 16.6 Å². The fourth-order valence-electron chi connectivity index (χ4n) is 2.50. The number of nitrogens with one attached hydrogen (secondary N) is 1. The highest BCUT2D eigenvalue weighted by Crippen LogP contribution is 2.25. The summed E-state index contributed by atoms with van der Waals surface area (Å²) in [7, 11) is 0. The van der Waals surface area contributed by atoms with Gasteiger partial charge in [-0.1, -0.05) is 18.2 Å². The average molecular weight is 276 g/mol. The first-order chi connectivity index (χ1) is 10.2. The van der Waals surface area contributed by atoms with Crippen LogP contribution in [0.2, 0.25) is 0 Å². The number of H-pyrrole nitrogens is 1.